The van der Waals surface area contributed by atoms with E-state index in [1.54, 1.807) is 25.1 Å². The molecule has 0 heterocycles. The molecule has 0 saturated carbocycles. The number of likely N-dealkylation sites (N-methyl/N-ethyl adjacent to an activating group) is 1. The molecule has 0 N–H and O–H groups in total. The molecule has 19 heavy (non-hydrogen) atoms. The van der Waals surface area contributed by atoms with Crippen molar-refractivity contribution >= 4 is 27.8 Å². The maximum absolute atomic E-state index is 12.3. The number of esters is 1. The maximum atomic E-state index is 12.3. The summed E-state index contributed by atoms with van der Waals surface area (Å²) in [7, 11) is 2.79. The van der Waals surface area contributed by atoms with Crippen LogP contribution < -0.4 is 4.74 Å². The molecule has 0 bridgehead atoms. The van der Waals surface area contributed by atoms with Gasteiger partial charge in [0.1, 0.15) is 12.3 Å². The fraction of sp³-hybridized carbons (Fsp3) is 0.385. The van der Waals surface area contributed by atoms with Crippen molar-refractivity contribution in [2.75, 3.05) is 27.3 Å². The van der Waals surface area contributed by atoms with Gasteiger partial charge in [0.15, 0.2) is 0 Å². The van der Waals surface area contributed by atoms with Gasteiger partial charge in [0, 0.05) is 11.0 Å². The lowest BCUT2D eigenvalue weighted by molar-refractivity contribution is -0.141. The van der Waals surface area contributed by atoms with Crippen molar-refractivity contribution in [2.24, 2.45) is 0 Å². The first-order valence-corrected chi connectivity index (χ1v) is 6.52. The van der Waals surface area contributed by atoms with E-state index in [0.29, 0.717) is 17.9 Å². The number of ether oxygens (including phenoxy) is 2. The summed E-state index contributed by atoms with van der Waals surface area (Å²) in [6.45, 7) is 2.13. The predicted octanol–water partition coefficient (Wildman–Crippen LogP) is 2.09. The lowest BCUT2D eigenvalue weighted by atomic mass is 10.1. The molecule has 0 unspecified atom stereocenters. The van der Waals surface area contributed by atoms with Gasteiger partial charge in [-0.15, -0.1) is 0 Å². The first-order valence-electron chi connectivity index (χ1n) is 5.73. The molecule has 0 atom stereocenters. The lowest BCUT2D eigenvalue weighted by Gasteiger charge is -2.20. The van der Waals surface area contributed by atoms with E-state index in [0.717, 1.165) is 4.47 Å². The molecule has 0 radical (unpaired) electrons. The minimum Gasteiger partial charge on any atom is -0.496 e. The average molecular weight is 330 g/mol. The van der Waals surface area contributed by atoms with Gasteiger partial charge in [-0.1, -0.05) is 15.9 Å². The fourth-order valence-electron chi connectivity index (χ4n) is 1.56. The van der Waals surface area contributed by atoms with Gasteiger partial charge in [0.25, 0.3) is 5.91 Å². The van der Waals surface area contributed by atoms with Gasteiger partial charge in [-0.2, -0.15) is 0 Å². The van der Waals surface area contributed by atoms with E-state index in [1.807, 2.05) is 0 Å². The normalized spacial score (nSPS) is 9.89. The van der Waals surface area contributed by atoms with Crippen LogP contribution in [0.4, 0.5) is 0 Å². The predicted molar refractivity (Wildman–Crippen MR) is 74.3 cm³/mol. The van der Waals surface area contributed by atoms with Crippen molar-refractivity contribution in [3.8, 4) is 5.75 Å². The SMILES string of the molecule is CCN(CC(=O)OC)C(=O)c1ccc(Br)cc1OC. The summed E-state index contributed by atoms with van der Waals surface area (Å²) in [5.41, 5.74) is 0.413. The Morgan fingerprint density at radius 2 is 2.00 bits per heavy atom. The molecule has 5 nitrogen and oxygen atoms in total. The highest BCUT2D eigenvalue weighted by molar-refractivity contribution is 9.10. The highest BCUT2D eigenvalue weighted by Crippen LogP contribution is 2.24. The van der Waals surface area contributed by atoms with Gasteiger partial charge in [-0.05, 0) is 25.1 Å². The second kappa shape index (κ2) is 7.13. The van der Waals surface area contributed by atoms with Crippen LogP contribution in [0.5, 0.6) is 5.75 Å². The van der Waals surface area contributed by atoms with Crippen molar-refractivity contribution in [3.05, 3.63) is 28.2 Å². The Morgan fingerprint density at radius 1 is 1.32 bits per heavy atom. The van der Waals surface area contributed by atoms with E-state index in [2.05, 4.69) is 20.7 Å². The van der Waals surface area contributed by atoms with Gasteiger partial charge in [-0.25, -0.2) is 0 Å². The van der Waals surface area contributed by atoms with Crippen LogP contribution in [0.2, 0.25) is 0 Å². The molecule has 0 spiro atoms. The zero-order chi connectivity index (χ0) is 14.4. The molecule has 0 aliphatic heterocycles. The summed E-state index contributed by atoms with van der Waals surface area (Å²) in [6, 6.07) is 5.12. The third-order valence-corrected chi connectivity index (χ3v) is 3.10. The summed E-state index contributed by atoms with van der Waals surface area (Å²) in [5.74, 6) is -0.258. The molecule has 1 rings (SSSR count). The van der Waals surface area contributed by atoms with Crippen molar-refractivity contribution < 1.29 is 19.1 Å². The van der Waals surface area contributed by atoms with Crippen LogP contribution in [-0.2, 0) is 9.53 Å². The standard InChI is InChI=1S/C13H16BrNO4/c1-4-15(8-12(16)19-3)13(17)10-6-5-9(14)7-11(10)18-2/h5-7H,4,8H2,1-3H3. The summed E-state index contributed by atoms with van der Waals surface area (Å²) < 4.78 is 10.6. The number of rotatable bonds is 5. The van der Waals surface area contributed by atoms with Gasteiger partial charge >= 0.3 is 5.97 Å². The molecule has 0 saturated heterocycles. The number of amides is 1. The minimum absolute atomic E-state index is 0.0783. The number of methoxy groups -OCH3 is 2. The quantitative estimate of drug-likeness (QED) is 0.776. The van der Waals surface area contributed by atoms with Crippen LogP contribution in [0.25, 0.3) is 0 Å². The van der Waals surface area contributed by atoms with E-state index in [9.17, 15) is 9.59 Å². The maximum Gasteiger partial charge on any atom is 0.325 e. The third kappa shape index (κ3) is 3.96. The Morgan fingerprint density at radius 3 is 2.53 bits per heavy atom. The Kier molecular flexibility index (Phi) is 5.82. The summed E-state index contributed by atoms with van der Waals surface area (Å²) in [5, 5.41) is 0. The second-order valence-electron chi connectivity index (χ2n) is 3.74. The highest BCUT2D eigenvalue weighted by atomic mass is 79.9. The van der Waals surface area contributed by atoms with Crippen LogP contribution in [0, 0.1) is 0 Å². The molecule has 1 amide bonds. The number of carbonyl (C=O) groups excluding carboxylic acids is 2. The first kappa shape index (κ1) is 15.5. The van der Waals surface area contributed by atoms with Crippen LogP contribution in [-0.4, -0.2) is 44.1 Å². The number of hydrogen-bond acceptors (Lipinski definition) is 4. The number of carbonyl (C=O) groups is 2. The molecule has 6 heteroatoms. The van der Waals surface area contributed by atoms with E-state index < -0.39 is 5.97 Å². The monoisotopic (exact) mass is 329 g/mol. The Balaban J connectivity index is 3.00. The Labute approximate surface area is 120 Å². The highest BCUT2D eigenvalue weighted by Gasteiger charge is 2.20. The largest absolute Gasteiger partial charge is 0.496 e. The molecule has 1 aromatic rings. The van der Waals surface area contributed by atoms with Crippen LogP contribution in [0.1, 0.15) is 17.3 Å². The van der Waals surface area contributed by atoms with Crippen LogP contribution in [0.3, 0.4) is 0 Å². The third-order valence-electron chi connectivity index (χ3n) is 2.61. The fourth-order valence-corrected chi connectivity index (χ4v) is 1.90. The van der Waals surface area contributed by atoms with Gasteiger partial charge in [0.05, 0.1) is 19.8 Å². The zero-order valence-electron chi connectivity index (χ0n) is 11.1. The number of hydrogen-bond donors (Lipinski definition) is 0. The lowest BCUT2D eigenvalue weighted by Crippen LogP contribution is -2.36. The Bertz CT molecular complexity index is 476. The summed E-state index contributed by atoms with van der Waals surface area (Å²) >= 11 is 3.31. The van der Waals surface area contributed by atoms with Crippen molar-refractivity contribution in [1.82, 2.24) is 4.90 Å². The van der Waals surface area contributed by atoms with Crippen molar-refractivity contribution in [1.29, 1.82) is 0 Å². The minimum atomic E-state index is -0.453. The molecule has 0 aliphatic rings. The molecule has 0 aliphatic carbocycles. The van der Waals surface area contributed by atoms with E-state index in [-0.39, 0.29) is 12.5 Å². The van der Waals surface area contributed by atoms with E-state index >= 15 is 0 Å². The van der Waals surface area contributed by atoms with Gasteiger partial charge < -0.3 is 14.4 Å². The Hall–Kier alpha value is -1.56. The zero-order valence-corrected chi connectivity index (χ0v) is 12.7. The molecule has 0 aromatic heterocycles. The van der Waals surface area contributed by atoms with Crippen molar-refractivity contribution in [3.63, 3.8) is 0 Å². The average Bonchev–Trinajstić information content (AvgIpc) is 2.43. The number of benzene rings is 1. The molecular formula is C13H16BrNO4. The van der Waals surface area contributed by atoms with Crippen LogP contribution >= 0.6 is 15.9 Å². The molecule has 0 fully saturated rings. The van der Waals surface area contributed by atoms with Crippen LogP contribution in [0.15, 0.2) is 22.7 Å². The smallest absolute Gasteiger partial charge is 0.325 e. The molecule has 1 aromatic carbocycles. The summed E-state index contributed by atoms with van der Waals surface area (Å²) in [4.78, 5) is 25.0. The first-order chi connectivity index (χ1) is 9.03. The van der Waals surface area contributed by atoms with Gasteiger partial charge in [0.2, 0.25) is 0 Å². The molecule has 104 valence electrons. The number of halogens is 1. The van der Waals surface area contributed by atoms with Crippen molar-refractivity contribution in [2.45, 2.75) is 6.92 Å². The van der Waals surface area contributed by atoms with Gasteiger partial charge in [-0.3, -0.25) is 9.59 Å². The topological polar surface area (TPSA) is 55.8 Å². The van der Waals surface area contributed by atoms with E-state index in [1.165, 1.54) is 19.1 Å². The van der Waals surface area contributed by atoms with E-state index in [4.69, 9.17) is 4.74 Å². The number of nitrogens with zero attached hydrogens (tertiary/aromatic N) is 1. The second-order valence-corrected chi connectivity index (χ2v) is 4.66. The summed E-state index contributed by atoms with van der Waals surface area (Å²) in [6.07, 6.45) is 0. The molecular weight excluding hydrogens is 314 g/mol.